The summed E-state index contributed by atoms with van der Waals surface area (Å²) >= 11 is 0. The minimum Gasteiger partial charge on any atom is -0.507 e. The van der Waals surface area contributed by atoms with Crippen molar-refractivity contribution < 1.29 is 14.6 Å². The Labute approximate surface area is 115 Å². The Morgan fingerprint density at radius 3 is 2.90 bits per heavy atom. The van der Waals surface area contributed by atoms with Gasteiger partial charge in [-0.25, -0.2) is 4.79 Å². The molecule has 6 heteroatoms. The van der Waals surface area contributed by atoms with Gasteiger partial charge in [-0.2, -0.15) is 0 Å². The second kappa shape index (κ2) is 6.01. The molecule has 6 nitrogen and oxygen atoms in total. The molecule has 2 aromatic heterocycles. The molecule has 0 bridgehead atoms. The van der Waals surface area contributed by atoms with Crippen molar-refractivity contribution >= 4 is 5.97 Å². The van der Waals surface area contributed by atoms with Crippen molar-refractivity contribution in [2.24, 2.45) is 0 Å². The number of hydrogen-bond acceptors (Lipinski definition) is 5. The third-order valence-electron chi connectivity index (χ3n) is 2.67. The summed E-state index contributed by atoms with van der Waals surface area (Å²) < 4.78 is 4.72. The first-order chi connectivity index (χ1) is 9.61. The van der Waals surface area contributed by atoms with Crippen molar-refractivity contribution in [1.82, 2.24) is 9.97 Å². The fourth-order valence-corrected chi connectivity index (χ4v) is 1.82. The number of pyridine rings is 2. The normalized spacial score (nSPS) is 10.2. The Bertz CT molecular complexity index is 665. The molecular weight excluding hydrogens is 260 g/mol. The fourth-order valence-electron chi connectivity index (χ4n) is 1.82. The lowest BCUT2D eigenvalue weighted by atomic mass is 10.1. The smallest absolute Gasteiger partial charge is 0.347 e. The number of nitrogens with zero attached hydrogens (tertiary/aromatic N) is 1. The number of H-pyrrole nitrogens is 1. The Hall–Kier alpha value is -2.63. The van der Waals surface area contributed by atoms with E-state index in [4.69, 9.17) is 4.74 Å². The quantitative estimate of drug-likeness (QED) is 0.818. The molecule has 0 atom stereocenters. The first-order valence-electron chi connectivity index (χ1n) is 6.13. The van der Waals surface area contributed by atoms with Crippen LogP contribution >= 0.6 is 0 Å². The Kier molecular flexibility index (Phi) is 4.14. The van der Waals surface area contributed by atoms with E-state index in [1.807, 2.05) is 6.07 Å². The summed E-state index contributed by atoms with van der Waals surface area (Å²) in [5, 5.41) is 9.81. The highest BCUT2D eigenvalue weighted by atomic mass is 16.5. The van der Waals surface area contributed by atoms with E-state index in [1.165, 1.54) is 6.07 Å². The molecule has 0 fully saturated rings. The van der Waals surface area contributed by atoms with Gasteiger partial charge in [-0.3, -0.25) is 9.78 Å². The number of ether oxygens (including phenoxy) is 1. The maximum atomic E-state index is 11.8. The van der Waals surface area contributed by atoms with Crippen LogP contribution < -0.4 is 5.56 Å². The van der Waals surface area contributed by atoms with Crippen LogP contribution in [0.2, 0.25) is 0 Å². The molecule has 0 spiro atoms. The van der Waals surface area contributed by atoms with Crippen LogP contribution in [0.15, 0.2) is 35.4 Å². The molecule has 0 aromatic carbocycles. The molecule has 2 heterocycles. The van der Waals surface area contributed by atoms with Gasteiger partial charge in [0.2, 0.25) is 0 Å². The van der Waals surface area contributed by atoms with Crippen LogP contribution in [0.25, 0.3) is 0 Å². The van der Waals surface area contributed by atoms with Gasteiger partial charge < -0.3 is 14.8 Å². The Balaban J connectivity index is 2.31. The summed E-state index contributed by atoms with van der Waals surface area (Å²) in [7, 11) is 0. The number of esters is 1. The largest absolute Gasteiger partial charge is 0.507 e. The van der Waals surface area contributed by atoms with Crippen molar-refractivity contribution in [3.63, 3.8) is 0 Å². The highest BCUT2D eigenvalue weighted by Crippen LogP contribution is 2.16. The minimum atomic E-state index is -0.834. The number of hydrogen-bond donors (Lipinski definition) is 2. The number of nitrogens with one attached hydrogen (secondary N) is 1. The SMILES string of the molecule is CCOC(=O)c1c(O)cc(Cc2cccnc2)[nH]c1=O. The maximum absolute atomic E-state index is 11.8. The van der Waals surface area contributed by atoms with Crippen molar-refractivity contribution in [3.05, 3.63) is 57.8 Å². The summed E-state index contributed by atoms with van der Waals surface area (Å²) in [4.78, 5) is 29.9. The lowest BCUT2D eigenvalue weighted by molar-refractivity contribution is 0.0521. The first kappa shape index (κ1) is 13.8. The molecule has 2 rings (SSSR count). The molecule has 0 aliphatic carbocycles. The molecule has 2 N–H and O–H groups in total. The van der Waals surface area contributed by atoms with Crippen LogP contribution in [0.4, 0.5) is 0 Å². The number of aromatic amines is 1. The molecule has 2 aromatic rings. The van der Waals surface area contributed by atoms with Crippen molar-refractivity contribution in [1.29, 1.82) is 0 Å². The van der Waals surface area contributed by atoms with Crippen LogP contribution in [-0.2, 0) is 11.2 Å². The molecule has 104 valence electrons. The van der Waals surface area contributed by atoms with Gasteiger partial charge in [-0.1, -0.05) is 6.07 Å². The number of rotatable bonds is 4. The van der Waals surface area contributed by atoms with Gasteiger partial charge in [0.25, 0.3) is 5.56 Å². The number of carbonyl (C=O) groups excluding carboxylic acids is 1. The Morgan fingerprint density at radius 2 is 2.30 bits per heavy atom. The maximum Gasteiger partial charge on any atom is 0.347 e. The molecule has 0 saturated carbocycles. The van der Waals surface area contributed by atoms with Gasteiger partial charge in [-0.15, -0.1) is 0 Å². The summed E-state index contributed by atoms with van der Waals surface area (Å²) in [6.45, 7) is 1.76. The summed E-state index contributed by atoms with van der Waals surface area (Å²) in [5.74, 6) is -1.22. The third-order valence-corrected chi connectivity index (χ3v) is 2.67. The minimum absolute atomic E-state index is 0.134. The number of aromatic nitrogens is 2. The molecule has 0 aliphatic heterocycles. The van der Waals surface area contributed by atoms with E-state index in [1.54, 1.807) is 25.4 Å². The molecular formula is C14H14N2O4. The second-order valence-electron chi connectivity index (χ2n) is 4.14. The average molecular weight is 274 g/mol. The molecule has 0 aliphatic rings. The van der Waals surface area contributed by atoms with E-state index in [2.05, 4.69) is 9.97 Å². The van der Waals surface area contributed by atoms with Gasteiger partial charge in [0.05, 0.1) is 6.61 Å². The first-order valence-corrected chi connectivity index (χ1v) is 6.13. The zero-order valence-corrected chi connectivity index (χ0v) is 10.9. The monoisotopic (exact) mass is 274 g/mol. The van der Waals surface area contributed by atoms with Crippen LogP contribution in [-0.4, -0.2) is 27.7 Å². The topological polar surface area (TPSA) is 92.3 Å². The van der Waals surface area contributed by atoms with Gasteiger partial charge in [0.15, 0.2) is 5.56 Å². The lowest BCUT2D eigenvalue weighted by Crippen LogP contribution is -2.21. The summed E-state index contributed by atoms with van der Waals surface area (Å²) in [6.07, 6.45) is 3.71. The van der Waals surface area contributed by atoms with E-state index in [0.29, 0.717) is 12.1 Å². The Morgan fingerprint density at radius 1 is 1.50 bits per heavy atom. The van der Waals surface area contributed by atoms with Crippen molar-refractivity contribution in [2.45, 2.75) is 13.3 Å². The zero-order chi connectivity index (χ0) is 14.5. The number of carbonyl (C=O) groups is 1. The number of aromatic hydroxyl groups is 1. The van der Waals surface area contributed by atoms with E-state index >= 15 is 0 Å². The van der Waals surface area contributed by atoms with Gasteiger partial charge in [0.1, 0.15) is 5.75 Å². The van der Waals surface area contributed by atoms with Gasteiger partial charge >= 0.3 is 5.97 Å². The van der Waals surface area contributed by atoms with E-state index in [9.17, 15) is 14.7 Å². The van der Waals surface area contributed by atoms with E-state index in [0.717, 1.165) is 5.56 Å². The zero-order valence-electron chi connectivity index (χ0n) is 10.9. The third kappa shape index (κ3) is 3.03. The molecule has 0 amide bonds. The molecule has 0 radical (unpaired) electrons. The van der Waals surface area contributed by atoms with Gasteiger partial charge in [0, 0.05) is 30.6 Å². The van der Waals surface area contributed by atoms with Crippen molar-refractivity contribution in [3.8, 4) is 5.75 Å². The van der Waals surface area contributed by atoms with Crippen LogP contribution in [0.5, 0.6) is 5.75 Å². The van der Waals surface area contributed by atoms with Gasteiger partial charge in [-0.05, 0) is 18.6 Å². The predicted molar refractivity (Wildman–Crippen MR) is 71.7 cm³/mol. The predicted octanol–water partition coefficient (Wildman–Crippen LogP) is 1.24. The molecule has 0 unspecified atom stereocenters. The summed E-state index contributed by atoms with van der Waals surface area (Å²) in [5.41, 5.74) is 0.337. The van der Waals surface area contributed by atoms with Crippen LogP contribution in [0.3, 0.4) is 0 Å². The van der Waals surface area contributed by atoms with Crippen molar-refractivity contribution in [2.75, 3.05) is 6.61 Å². The second-order valence-corrected chi connectivity index (χ2v) is 4.14. The standard InChI is InChI=1S/C14H14N2O4/c1-2-20-14(19)12-11(17)7-10(16-13(12)18)6-9-4-3-5-15-8-9/h3-5,7-8H,2,6H2,1H3,(H2,16,17,18). The highest BCUT2D eigenvalue weighted by Gasteiger charge is 2.18. The summed E-state index contributed by atoms with van der Waals surface area (Å²) in [6, 6.07) is 4.97. The fraction of sp³-hybridized carbons (Fsp3) is 0.214. The van der Waals surface area contributed by atoms with Crippen LogP contribution in [0.1, 0.15) is 28.5 Å². The molecule has 20 heavy (non-hydrogen) atoms. The highest BCUT2D eigenvalue weighted by molar-refractivity contribution is 5.91. The van der Waals surface area contributed by atoms with E-state index < -0.39 is 11.5 Å². The lowest BCUT2D eigenvalue weighted by Gasteiger charge is -2.06. The van der Waals surface area contributed by atoms with E-state index in [-0.39, 0.29) is 17.9 Å². The average Bonchev–Trinajstić information content (AvgIpc) is 2.39. The van der Waals surface area contributed by atoms with Crippen LogP contribution in [0, 0.1) is 0 Å². The molecule has 0 saturated heterocycles.